The van der Waals surface area contributed by atoms with Gasteiger partial charge in [0, 0.05) is 5.54 Å². The van der Waals surface area contributed by atoms with Gasteiger partial charge < -0.3 is 10.4 Å². The Kier molecular flexibility index (Phi) is 5.53. The van der Waals surface area contributed by atoms with E-state index < -0.39 is 11.5 Å². The van der Waals surface area contributed by atoms with Gasteiger partial charge in [0.25, 0.3) is 0 Å². The standard InChI is InChI=1S/C17H25NO3/c1-11(2)17(5,10-16(20)21)18-15(19)9-14-12(3)7-6-8-13(14)4/h6-8,11H,9-10H2,1-5H3,(H,18,19)(H,20,21). The smallest absolute Gasteiger partial charge is 0.305 e. The molecule has 21 heavy (non-hydrogen) atoms. The van der Waals surface area contributed by atoms with Crippen LogP contribution in [-0.4, -0.2) is 22.5 Å². The SMILES string of the molecule is Cc1cccc(C)c1CC(=O)NC(C)(CC(=O)O)C(C)C. The molecule has 0 aromatic heterocycles. The average molecular weight is 291 g/mol. The molecule has 0 heterocycles. The van der Waals surface area contributed by atoms with Crippen LogP contribution < -0.4 is 5.32 Å². The molecule has 1 atom stereocenters. The van der Waals surface area contributed by atoms with Gasteiger partial charge in [-0.3, -0.25) is 9.59 Å². The maximum Gasteiger partial charge on any atom is 0.305 e. The predicted octanol–water partition coefficient (Wildman–Crippen LogP) is 2.85. The minimum atomic E-state index is -0.904. The number of rotatable bonds is 6. The van der Waals surface area contributed by atoms with Crippen LogP contribution in [0.4, 0.5) is 0 Å². The number of hydrogen-bond acceptors (Lipinski definition) is 2. The molecular formula is C17H25NO3. The van der Waals surface area contributed by atoms with Gasteiger partial charge in [0.1, 0.15) is 0 Å². The molecule has 4 heteroatoms. The summed E-state index contributed by atoms with van der Waals surface area (Å²) in [6.45, 7) is 9.59. The van der Waals surface area contributed by atoms with Crippen molar-refractivity contribution in [2.45, 2.75) is 53.0 Å². The van der Waals surface area contributed by atoms with Crippen LogP contribution in [0.25, 0.3) is 0 Å². The summed E-state index contributed by atoms with van der Waals surface area (Å²) in [5.41, 5.74) is 2.43. The van der Waals surface area contributed by atoms with E-state index in [1.165, 1.54) is 0 Å². The van der Waals surface area contributed by atoms with Gasteiger partial charge in [-0.1, -0.05) is 32.0 Å². The van der Waals surface area contributed by atoms with Crippen LogP contribution in [-0.2, 0) is 16.0 Å². The third-order valence-electron chi connectivity index (χ3n) is 4.20. The van der Waals surface area contributed by atoms with Gasteiger partial charge in [-0.15, -0.1) is 0 Å². The summed E-state index contributed by atoms with van der Waals surface area (Å²) < 4.78 is 0. The Hall–Kier alpha value is -1.84. The zero-order valence-electron chi connectivity index (χ0n) is 13.5. The number of carbonyl (C=O) groups excluding carboxylic acids is 1. The third kappa shape index (κ3) is 4.59. The van der Waals surface area contributed by atoms with E-state index in [-0.39, 0.29) is 24.7 Å². The predicted molar refractivity (Wildman–Crippen MR) is 83.3 cm³/mol. The molecule has 1 amide bonds. The van der Waals surface area contributed by atoms with Gasteiger partial charge in [-0.05, 0) is 43.4 Å². The molecule has 0 radical (unpaired) electrons. The van der Waals surface area contributed by atoms with Crippen LogP contribution in [0.15, 0.2) is 18.2 Å². The second kappa shape index (κ2) is 6.74. The van der Waals surface area contributed by atoms with Crippen molar-refractivity contribution in [1.82, 2.24) is 5.32 Å². The number of amides is 1. The van der Waals surface area contributed by atoms with Gasteiger partial charge in [-0.2, -0.15) is 0 Å². The lowest BCUT2D eigenvalue weighted by Crippen LogP contribution is -2.51. The molecule has 4 nitrogen and oxygen atoms in total. The number of aliphatic carboxylic acids is 1. The van der Waals surface area contributed by atoms with E-state index in [1.807, 2.05) is 45.9 Å². The molecule has 116 valence electrons. The highest BCUT2D eigenvalue weighted by Crippen LogP contribution is 2.22. The fraction of sp³-hybridized carbons (Fsp3) is 0.529. The summed E-state index contributed by atoms with van der Waals surface area (Å²) in [5, 5.41) is 11.9. The fourth-order valence-electron chi connectivity index (χ4n) is 2.36. The first-order chi connectivity index (χ1) is 9.65. The highest BCUT2D eigenvalue weighted by molar-refractivity contribution is 5.81. The Morgan fingerprint density at radius 2 is 1.76 bits per heavy atom. The summed E-state index contributed by atoms with van der Waals surface area (Å²) >= 11 is 0. The first-order valence-electron chi connectivity index (χ1n) is 7.23. The molecule has 0 bridgehead atoms. The number of carboxylic acid groups (broad SMARTS) is 1. The fourth-order valence-corrected chi connectivity index (χ4v) is 2.36. The van der Waals surface area contributed by atoms with Gasteiger partial charge in [0.15, 0.2) is 0 Å². The second-order valence-electron chi connectivity index (χ2n) is 6.24. The van der Waals surface area contributed by atoms with Crippen molar-refractivity contribution in [2.24, 2.45) is 5.92 Å². The topological polar surface area (TPSA) is 66.4 Å². The molecule has 0 aliphatic rings. The maximum absolute atomic E-state index is 12.3. The van der Waals surface area contributed by atoms with Gasteiger partial charge >= 0.3 is 5.97 Å². The Morgan fingerprint density at radius 1 is 1.24 bits per heavy atom. The normalized spacial score (nSPS) is 13.8. The van der Waals surface area contributed by atoms with E-state index in [1.54, 1.807) is 6.92 Å². The zero-order chi connectivity index (χ0) is 16.2. The number of carbonyl (C=O) groups is 2. The van der Waals surface area contributed by atoms with E-state index in [2.05, 4.69) is 5.32 Å². The summed E-state index contributed by atoms with van der Waals surface area (Å²) in [4.78, 5) is 23.3. The van der Waals surface area contributed by atoms with Crippen LogP contribution in [0.2, 0.25) is 0 Å². The quantitative estimate of drug-likeness (QED) is 0.847. The van der Waals surface area contributed by atoms with E-state index in [4.69, 9.17) is 5.11 Å². The van der Waals surface area contributed by atoms with Crippen molar-refractivity contribution < 1.29 is 14.7 Å². The number of aryl methyl sites for hydroxylation is 2. The summed E-state index contributed by atoms with van der Waals surface area (Å²) in [5.74, 6) is -1.00. The van der Waals surface area contributed by atoms with Crippen molar-refractivity contribution in [1.29, 1.82) is 0 Å². The maximum atomic E-state index is 12.3. The lowest BCUT2D eigenvalue weighted by atomic mass is 9.85. The first kappa shape index (κ1) is 17.2. The molecular weight excluding hydrogens is 266 g/mol. The molecule has 2 N–H and O–H groups in total. The molecule has 0 spiro atoms. The van der Waals surface area contributed by atoms with E-state index >= 15 is 0 Å². The van der Waals surface area contributed by atoms with Crippen LogP contribution in [0.1, 0.15) is 43.9 Å². The van der Waals surface area contributed by atoms with Gasteiger partial charge in [0.2, 0.25) is 5.91 Å². The summed E-state index contributed by atoms with van der Waals surface area (Å²) in [6, 6.07) is 5.93. The van der Waals surface area contributed by atoms with Gasteiger partial charge in [0.05, 0.1) is 12.8 Å². The molecule has 1 rings (SSSR count). The highest BCUT2D eigenvalue weighted by atomic mass is 16.4. The molecule has 0 aliphatic carbocycles. The van der Waals surface area contributed by atoms with Gasteiger partial charge in [-0.25, -0.2) is 0 Å². The molecule has 1 aromatic carbocycles. The molecule has 0 aliphatic heterocycles. The molecule has 1 unspecified atom stereocenters. The van der Waals surface area contributed by atoms with Crippen molar-refractivity contribution in [3.05, 3.63) is 34.9 Å². The molecule has 0 saturated carbocycles. The largest absolute Gasteiger partial charge is 0.481 e. The number of carboxylic acids is 1. The Balaban J connectivity index is 2.86. The van der Waals surface area contributed by atoms with Crippen molar-refractivity contribution in [3.63, 3.8) is 0 Å². The molecule has 1 aromatic rings. The number of benzene rings is 1. The lowest BCUT2D eigenvalue weighted by molar-refractivity contribution is -0.139. The zero-order valence-corrected chi connectivity index (χ0v) is 13.5. The van der Waals surface area contributed by atoms with Crippen molar-refractivity contribution in [3.8, 4) is 0 Å². The third-order valence-corrected chi connectivity index (χ3v) is 4.20. The van der Waals surface area contributed by atoms with Crippen LogP contribution >= 0.6 is 0 Å². The second-order valence-corrected chi connectivity index (χ2v) is 6.24. The molecule has 0 fully saturated rings. The number of nitrogens with one attached hydrogen (secondary N) is 1. The van der Waals surface area contributed by atoms with E-state index in [0.717, 1.165) is 16.7 Å². The van der Waals surface area contributed by atoms with E-state index in [0.29, 0.717) is 0 Å². The molecule has 0 saturated heterocycles. The summed E-state index contributed by atoms with van der Waals surface area (Å²) in [6.07, 6.45) is 0.198. The summed E-state index contributed by atoms with van der Waals surface area (Å²) in [7, 11) is 0. The monoisotopic (exact) mass is 291 g/mol. The van der Waals surface area contributed by atoms with Crippen molar-refractivity contribution in [2.75, 3.05) is 0 Å². The Morgan fingerprint density at radius 3 is 2.19 bits per heavy atom. The van der Waals surface area contributed by atoms with E-state index in [9.17, 15) is 9.59 Å². The van der Waals surface area contributed by atoms with Crippen molar-refractivity contribution >= 4 is 11.9 Å². The lowest BCUT2D eigenvalue weighted by Gasteiger charge is -2.33. The first-order valence-corrected chi connectivity index (χ1v) is 7.23. The van der Waals surface area contributed by atoms with Crippen LogP contribution in [0.3, 0.4) is 0 Å². The van der Waals surface area contributed by atoms with Crippen LogP contribution in [0, 0.1) is 19.8 Å². The Labute approximate surface area is 126 Å². The Bertz CT molecular complexity index is 517. The highest BCUT2D eigenvalue weighted by Gasteiger charge is 2.32. The minimum Gasteiger partial charge on any atom is -0.481 e. The minimum absolute atomic E-state index is 0.0375. The van der Waals surface area contributed by atoms with Crippen LogP contribution in [0.5, 0.6) is 0 Å². The number of hydrogen-bond donors (Lipinski definition) is 2. The average Bonchev–Trinajstić information content (AvgIpc) is 2.32.